The summed E-state index contributed by atoms with van der Waals surface area (Å²) in [5.74, 6) is -0.337. The van der Waals surface area contributed by atoms with E-state index in [1.54, 1.807) is 38.4 Å². The van der Waals surface area contributed by atoms with Crippen LogP contribution in [-0.4, -0.2) is 41.5 Å². The van der Waals surface area contributed by atoms with Crippen LogP contribution in [0.5, 0.6) is 0 Å². The van der Waals surface area contributed by atoms with Crippen LogP contribution >= 0.6 is 11.8 Å². The van der Waals surface area contributed by atoms with E-state index < -0.39 is 11.7 Å². The normalized spacial score (nSPS) is 11.1. The SMILES string of the molecule is CN(C)C(=O)c1ccc(CNC(=O)CSc2ccc(C(F)(F)F)cn2)cc1. The summed E-state index contributed by atoms with van der Waals surface area (Å²) in [5, 5.41) is 3.05. The van der Waals surface area contributed by atoms with E-state index in [0.717, 1.165) is 29.6 Å². The molecule has 144 valence electrons. The number of hydrogen-bond acceptors (Lipinski definition) is 4. The number of amides is 2. The van der Waals surface area contributed by atoms with Crippen molar-refractivity contribution < 1.29 is 22.8 Å². The number of hydrogen-bond donors (Lipinski definition) is 1. The molecule has 0 fully saturated rings. The molecule has 1 aromatic carbocycles. The van der Waals surface area contributed by atoms with Crippen molar-refractivity contribution in [3.05, 3.63) is 59.3 Å². The highest BCUT2D eigenvalue weighted by atomic mass is 32.2. The molecule has 0 atom stereocenters. The molecule has 2 aromatic rings. The fourth-order valence-corrected chi connectivity index (χ4v) is 2.72. The number of alkyl halides is 3. The summed E-state index contributed by atoms with van der Waals surface area (Å²) >= 11 is 1.05. The van der Waals surface area contributed by atoms with Crippen LogP contribution in [0.3, 0.4) is 0 Å². The van der Waals surface area contributed by atoms with Gasteiger partial charge >= 0.3 is 6.18 Å². The van der Waals surface area contributed by atoms with Crippen LogP contribution < -0.4 is 5.32 Å². The zero-order valence-corrected chi connectivity index (χ0v) is 15.5. The summed E-state index contributed by atoms with van der Waals surface area (Å²) in [4.78, 5) is 28.9. The minimum absolute atomic E-state index is 0.0373. The molecule has 1 heterocycles. The van der Waals surface area contributed by atoms with Gasteiger partial charge in [0.05, 0.1) is 16.3 Å². The molecule has 0 bridgehead atoms. The quantitative estimate of drug-likeness (QED) is 0.761. The van der Waals surface area contributed by atoms with Gasteiger partial charge in [0.2, 0.25) is 5.91 Å². The first-order valence-electron chi connectivity index (χ1n) is 7.90. The van der Waals surface area contributed by atoms with Gasteiger partial charge in [0, 0.05) is 32.4 Å². The maximum Gasteiger partial charge on any atom is 0.417 e. The van der Waals surface area contributed by atoms with E-state index in [1.165, 1.54) is 11.0 Å². The van der Waals surface area contributed by atoms with E-state index in [0.29, 0.717) is 10.6 Å². The largest absolute Gasteiger partial charge is 0.417 e. The third-order valence-electron chi connectivity index (χ3n) is 3.51. The Bertz CT molecular complexity index is 791. The molecule has 2 amide bonds. The van der Waals surface area contributed by atoms with E-state index in [4.69, 9.17) is 0 Å². The Kier molecular flexibility index (Phi) is 6.84. The van der Waals surface area contributed by atoms with Crippen molar-refractivity contribution in [3.63, 3.8) is 0 Å². The predicted molar refractivity (Wildman–Crippen MR) is 96.3 cm³/mol. The Morgan fingerprint density at radius 1 is 1.11 bits per heavy atom. The molecule has 1 N–H and O–H groups in total. The smallest absolute Gasteiger partial charge is 0.351 e. The maximum atomic E-state index is 12.5. The van der Waals surface area contributed by atoms with E-state index >= 15 is 0 Å². The van der Waals surface area contributed by atoms with Gasteiger partial charge in [-0.25, -0.2) is 4.98 Å². The molecule has 0 saturated heterocycles. The second-order valence-corrected chi connectivity index (χ2v) is 6.84. The molecule has 0 spiro atoms. The highest BCUT2D eigenvalue weighted by molar-refractivity contribution is 7.99. The summed E-state index contributed by atoms with van der Waals surface area (Å²) < 4.78 is 37.4. The van der Waals surface area contributed by atoms with Gasteiger partial charge in [-0.2, -0.15) is 13.2 Å². The molecule has 27 heavy (non-hydrogen) atoms. The molecule has 0 unspecified atom stereocenters. The van der Waals surface area contributed by atoms with Crippen LogP contribution in [0.15, 0.2) is 47.6 Å². The van der Waals surface area contributed by atoms with Gasteiger partial charge in [-0.3, -0.25) is 9.59 Å². The molecule has 2 rings (SSSR count). The van der Waals surface area contributed by atoms with Crippen molar-refractivity contribution in [1.29, 1.82) is 0 Å². The zero-order valence-electron chi connectivity index (χ0n) is 14.7. The zero-order chi connectivity index (χ0) is 20.0. The van der Waals surface area contributed by atoms with Crippen LogP contribution in [0.1, 0.15) is 21.5 Å². The average Bonchev–Trinajstić information content (AvgIpc) is 2.64. The van der Waals surface area contributed by atoms with Crippen LogP contribution in [0.2, 0.25) is 0 Å². The average molecular weight is 397 g/mol. The van der Waals surface area contributed by atoms with Crippen molar-refractivity contribution in [2.75, 3.05) is 19.8 Å². The molecule has 0 aliphatic rings. The van der Waals surface area contributed by atoms with Gasteiger partial charge in [-0.15, -0.1) is 0 Å². The Morgan fingerprint density at radius 2 is 1.78 bits per heavy atom. The molecule has 0 aliphatic carbocycles. The lowest BCUT2D eigenvalue weighted by Gasteiger charge is -2.11. The summed E-state index contributed by atoms with van der Waals surface area (Å²) in [5.41, 5.74) is 0.558. The van der Waals surface area contributed by atoms with Crippen molar-refractivity contribution in [2.45, 2.75) is 17.7 Å². The number of aromatic nitrogens is 1. The summed E-state index contributed by atoms with van der Waals surface area (Å²) in [7, 11) is 3.33. The van der Waals surface area contributed by atoms with Gasteiger partial charge in [-0.05, 0) is 29.8 Å². The lowest BCUT2D eigenvalue weighted by atomic mass is 10.1. The molecule has 1 aromatic heterocycles. The van der Waals surface area contributed by atoms with Crippen LogP contribution in [0.25, 0.3) is 0 Å². The highest BCUT2D eigenvalue weighted by Crippen LogP contribution is 2.29. The fraction of sp³-hybridized carbons (Fsp3) is 0.278. The van der Waals surface area contributed by atoms with Crippen LogP contribution in [0, 0.1) is 0 Å². The summed E-state index contributed by atoms with van der Waals surface area (Å²) in [6.07, 6.45) is -3.68. The first kappa shape index (κ1) is 20.8. The Hall–Kier alpha value is -2.55. The number of thioether (sulfide) groups is 1. The molecule has 0 radical (unpaired) electrons. The maximum absolute atomic E-state index is 12.5. The molecule has 9 heteroatoms. The number of benzene rings is 1. The minimum Gasteiger partial charge on any atom is -0.351 e. The standard InChI is InChI=1S/C18H18F3N3O2S/c1-24(2)17(26)13-5-3-12(4-6-13)9-22-15(25)11-27-16-8-7-14(10-23-16)18(19,20)21/h3-8,10H,9,11H2,1-2H3,(H,22,25). The lowest BCUT2D eigenvalue weighted by Crippen LogP contribution is -2.25. The monoisotopic (exact) mass is 397 g/mol. The van der Waals surface area contributed by atoms with Gasteiger partial charge < -0.3 is 10.2 Å². The van der Waals surface area contributed by atoms with Gasteiger partial charge in [0.15, 0.2) is 0 Å². The number of nitrogens with one attached hydrogen (secondary N) is 1. The fourth-order valence-electron chi connectivity index (χ4n) is 2.05. The number of rotatable bonds is 6. The topological polar surface area (TPSA) is 62.3 Å². The predicted octanol–water partition coefficient (Wildman–Crippen LogP) is 3.21. The Balaban J connectivity index is 1.80. The second kappa shape index (κ2) is 8.90. The lowest BCUT2D eigenvalue weighted by molar-refractivity contribution is -0.137. The van der Waals surface area contributed by atoms with E-state index in [9.17, 15) is 22.8 Å². The first-order chi connectivity index (χ1) is 12.7. The summed E-state index contributed by atoms with van der Waals surface area (Å²) in [6, 6.07) is 9.05. The number of halogens is 3. The van der Waals surface area contributed by atoms with E-state index in [2.05, 4.69) is 10.3 Å². The van der Waals surface area contributed by atoms with Gasteiger partial charge in [0.25, 0.3) is 5.91 Å². The Morgan fingerprint density at radius 3 is 2.30 bits per heavy atom. The number of carbonyl (C=O) groups excluding carboxylic acids is 2. The van der Waals surface area contributed by atoms with E-state index in [1.807, 2.05) is 0 Å². The molecule has 0 aliphatic heterocycles. The Labute approximate surface area is 159 Å². The molecule has 5 nitrogen and oxygen atoms in total. The molecular weight excluding hydrogens is 379 g/mol. The third-order valence-corrected chi connectivity index (χ3v) is 4.46. The number of carbonyl (C=O) groups is 2. The minimum atomic E-state index is -4.43. The second-order valence-electron chi connectivity index (χ2n) is 5.84. The third kappa shape index (κ3) is 6.28. The van der Waals surface area contributed by atoms with Gasteiger partial charge in [0.1, 0.15) is 0 Å². The van der Waals surface area contributed by atoms with Crippen molar-refractivity contribution in [1.82, 2.24) is 15.2 Å². The first-order valence-corrected chi connectivity index (χ1v) is 8.88. The van der Waals surface area contributed by atoms with Crippen LogP contribution in [0.4, 0.5) is 13.2 Å². The summed E-state index contributed by atoms with van der Waals surface area (Å²) in [6.45, 7) is 0.288. The molecule has 0 saturated carbocycles. The van der Waals surface area contributed by atoms with E-state index in [-0.39, 0.29) is 24.1 Å². The number of pyridine rings is 1. The van der Waals surface area contributed by atoms with Crippen LogP contribution in [-0.2, 0) is 17.5 Å². The highest BCUT2D eigenvalue weighted by Gasteiger charge is 2.30. The van der Waals surface area contributed by atoms with Crippen molar-refractivity contribution >= 4 is 23.6 Å². The number of nitrogens with zero attached hydrogens (tertiary/aromatic N) is 2. The van der Waals surface area contributed by atoms with Gasteiger partial charge in [-0.1, -0.05) is 23.9 Å². The van der Waals surface area contributed by atoms with Crippen molar-refractivity contribution in [2.24, 2.45) is 0 Å². The van der Waals surface area contributed by atoms with Crippen molar-refractivity contribution in [3.8, 4) is 0 Å². The molecular formula is C18H18F3N3O2S.